The molecule has 0 amide bonds. The van der Waals surface area contributed by atoms with E-state index in [9.17, 15) is 0 Å². The van der Waals surface area contributed by atoms with Crippen LogP contribution in [-0.2, 0) is 6.42 Å². The Morgan fingerprint density at radius 3 is 2.56 bits per heavy atom. The van der Waals surface area contributed by atoms with Crippen molar-refractivity contribution >= 4 is 0 Å². The average Bonchev–Trinajstić information content (AvgIpc) is 2.26. The maximum atomic E-state index is 5.62. The lowest BCUT2D eigenvalue weighted by Crippen LogP contribution is -2.32. The molecule has 0 spiro atoms. The first kappa shape index (κ1) is 15.2. The van der Waals surface area contributed by atoms with E-state index < -0.39 is 0 Å². The minimum absolute atomic E-state index is 0.303. The molecule has 0 aromatic heterocycles. The molecule has 1 aromatic rings. The summed E-state index contributed by atoms with van der Waals surface area (Å²) >= 11 is 0. The van der Waals surface area contributed by atoms with Gasteiger partial charge in [-0.25, -0.2) is 0 Å². The van der Waals surface area contributed by atoms with Gasteiger partial charge in [0.1, 0.15) is 0 Å². The third-order valence-corrected chi connectivity index (χ3v) is 3.49. The molecule has 0 unspecified atom stereocenters. The molecular weight excluding hydrogens is 220 g/mol. The monoisotopic (exact) mass is 248 g/mol. The van der Waals surface area contributed by atoms with Crippen LogP contribution in [0.25, 0.3) is 0 Å². The highest BCUT2D eigenvalue weighted by Crippen LogP contribution is 2.17. The third-order valence-electron chi connectivity index (χ3n) is 3.49. The van der Waals surface area contributed by atoms with Gasteiger partial charge in [0.25, 0.3) is 0 Å². The fourth-order valence-electron chi connectivity index (χ4n) is 2.26. The second-order valence-corrected chi connectivity index (χ2v) is 6.06. The summed E-state index contributed by atoms with van der Waals surface area (Å²) in [5.41, 5.74) is 10.1. The largest absolute Gasteiger partial charge is 0.330 e. The molecule has 0 aliphatic rings. The first-order valence-electron chi connectivity index (χ1n) is 6.91. The summed E-state index contributed by atoms with van der Waals surface area (Å²) in [6.07, 6.45) is 2.17. The van der Waals surface area contributed by atoms with Crippen LogP contribution in [0.4, 0.5) is 0 Å². The van der Waals surface area contributed by atoms with Gasteiger partial charge < -0.3 is 11.1 Å². The van der Waals surface area contributed by atoms with Crippen molar-refractivity contribution in [1.29, 1.82) is 0 Å². The van der Waals surface area contributed by atoms with Crippen molar-refractivity contribution in [3.63, 3.8) is 0 Å². The van der Waals surface area contributed by atoms with E-state index in [-0.39, 0.29) is 0 Å². The summed E-state index contributed by atoms with van der Waals surface area (Å²) < 4.78 is 0. The van der Waals surface area contributed by atoms with Crippen LogP contribution >= 0.6 is 0 Å². The van der Waals surface area contributed by atoms with Crippen LogP contribution in [0.5, 0.6) is 0 Å². The van der Waals surface area contributed by atoms with Gasteiger partial charge in [0.05, 0.1) is 0 Å². The highest BCUT2D eigenvalue weighted by molar-refractivity contribution is 5.30. The van der Waals surface area contributed by atoms with Crippen molar-refractivity contribution in [2.24, 2.45) is 11.1 Å². The van der Waals surface area contributed by atoms with Gasteiger partial charge >= 0.3 is 0 Å². The second-order valence-electron chi connectivity index (χ2n) is 6.06. The summed E-state index contributed by atoms with van der Waals surface area (Å²) in [7, 11) is 0. The van der Waals surface area contributed by atoms with Crippen LogP contribution in [0.1, 0.15) is 37.0 Å². The molecule has 1 aromatic carbocycles. The van der Waals surface area contributed by atoms with E-state index in [4.69, 9.17) is 5.73 Å². The molecule has 0 aliphatic heterocycles. The number of benzene rings is 1. The van der Waals surface area contributed by atoms with Gasteiger partial charge in [-0.05, 0) is 56.3 Å². The lowest BCUT2D eigenvalue weighted by molar-refractivity contribution is 0.321. The minimum atomic E-state index is 0.303. The molecule has 3 N–H and O–H groups in total. The Balaban J connectivity index is 2.34. The Morgan fingerprint density at radius 2 is 1.94 bits per heavy atom. The van der Waals surface area contributed by atoms with Crippen molar-refractivity contribution in [2.75, 3.05) is 19.6 Å². The van der Waals surface area contributed by atoms with Crippen molar-refractivity contribution < 1.29 is 0 Å². The molecule has 0 fully saturated rings. The standard InChI is InChI=1S/C16H28N2/c1-13-5-6-15(14(2)11-13)7-10-18-12-16(3,4)8-9-17/h5-6,11,18H,7-10,12,17H2,1-4H3. The second kappa shape index (κ2) is 6.91. The highest BCUT2D eigenvalue weighted by Gasteiger charge is 2.15. The van der Waals surface area contributed by atoms with Crippen LogP contribution < -0.4 is 11.1 Å². The first-order chi connectivity index (χ1) is 8.44. The van der Waals surface area contributed by atoms with Crippen molar-refractivity contribution in [1.82, 2.24) is 5.32 Å². The van der Waals surface area contributed by atoms with Gasteiger partial charge in [0, 0.05) is 6.54 Å². The summed E-state index contributed by atoms with van der Waals surface area (Å²) in [5.74, 6) is 0. The Morgan fingerprint density at radius 1 is 1.22 bits per heavy atom. The fraction of sp³-hybridized carbons (Fsp3) is 0.625. The van der Waals surface area contributed by atoms with Crippen LogP contribution in [-0.4, -0.2) is 19.6 Å². The van der Waals surface area contributed by atoms with E-state index >= 15 is 0 Å². The smallest absolute Gasteiger partial charge is 0.000312 e. The number of aryl methyl sites for hydroxylation is 2. The number of rotatable bonds is 7. The molecule has 0 radical (unpaired) electrons. The highest BCUT2D eigenvalue weighted by atomic mass is 14.9. The van der Waals surface area contributed by atoms with Gasteiger partial charge in [0.2, 0.25) is 0 Å². The average molecular weight is 248 g/mol. The van der Waals surface area contributed by atoms with E-state index in [0.29, 0.717) is 5.41 Å². The molecule has 2 heteroatoms. The SMILES string of the molecule is Cc1ccc(CCNCC(C)(C)CCN)c(C)c1. The molecule has 1 rings (SSSR count). The lowest BCUT2D eigenvalue weighted by Gasteiger charge is -2.24. The summed E-state index contributed by atoms with van der Waals surface area (Å²) in [6, 6.07) is 6.70. The molecule has 0 saturated carbocycles. The van der Waals surface area contributed by atoms with Gasteiger partial charge in [-0.2, -0.15) is 0 Å². The molecule has 0 atom stereocenters. The van der Waals surface area contributed by atoms with Crippen molar-refractivity contribution in [2.45, 2.75) is 40.5 Å². The van der Waals surface area contributed by atoms with Crippen molar-refractivity contribution in [3.8, 4) is 0 Å². The van der Waals surface area contributed by atoms with Crippen LogP contribution in [0, 0.1) is 19.3 Å². The molecule has 18 heavy (non-hydrogen) atoms. The minimum Gasteiger partial charge on any atom is -0.330 e. The van der Waals surface area contributed by atoms with Gasteiger partial charge in [-0.15, -0.1) is 0 Å². The number of hydrogen-bond acceptors (Lipinski definition) is 2. The topological polar surface area (TPSA) is 38.0 Å². The van der Waals surface area contributed by atoms with E-state index in [1.165, 1.54) is 16.7 Å². The summed E-state index contributed by atoms with van der Waals surface area (Å²) in [6.45, 7) is 11.7. The summed E-state index contributed by atoms with van der Waals surface area (Å²) in [4.78, 5) is 0. The van der Waals surface area contributed by atoms with E-state index in [0.717, 1.165) is 32.5 Å². The fourth-order valence-corrected chi connectivity index (χ4v) is 2.26. The molecule has 2 nitrogen and oxygen atoms in total. The molecule has 0 saturated heterocycles. The molecular formula is C16H28N2. The normalized spacial score (nSPS) is 11.8. The Kier molecular flexibility index (Phi) is 5.83. The number of hydrogen-bond donors (Lipinski definition) is 2. The van der Waals surface area contributed by atoms with Gasteiger partial charge in [-0.1, -0.05) is 37.6 Å². The zero-order valence-corrected chi connectivity index (χ0v) is 12.3. The first-order valence-corrected chi connectivity index (χ1v) is 6.91. The molecule has 0 heterocycles. The lowest BCUT2D eigenvalue weighted by atomic mass is 9.89. The number of nitrogens with one attached hydrogen (secondary N) is 1. The summed E-state index contributed by atoms with van der Waals surface area (Å²) in [5, 5.41) is 3.55. The van der Waals surface area contributed by atoms with Crippen molar-refractivity contribution in [3.05, 3.63) is 34.9 Å². The van der Waals surface area contributed by atoms with Gasteiger partial charge in [0.15, 0.2) is 0 Å². The van der Waals surface area contributed by atoms with Crippen LogP contribution in [0.3, 0.4) is 0 Å². The van der Waals surface area contributed by atoms with Crippen LogP contribution in [0.2, 0.25) is 0 Å². The number of nitrogens with two attached hydrogens (primary N) is 1. The third kappa shape index (κ3) is 5.19. The Hall–Kier alpha value is -0.860. The molecule has 0 bridgehead atoms. The maximum Gasteiger partial charge on any atom is 0.000312 e. The zero-order valence-electron chi connectivity index (χ0n) is 12.3. The van der Waals surface area contributed by atoms with E-state index in [1.54, 1.807) is 0 Å². The molecule has 0 aliphatic carbocycles. The zero-order chi connectivity index (χ0) is 13.6. The predicted octanol–water partition coefficient (Wildman–Crippen LogP) is 2.81. The van der Waals surface area contributed by atoms with E-state index in [1.807, 2.05) is 0 Å². The van der Waals surface area contributed by atoms with Crippen LogP contribution in [0.15, 0.2) is 18.2 Å². The van der Waals surface area contributed by atoms with E-state index in [2.05, 4.69) is 51.2 Å². The Bertz CT molecular complexity index is 369. The maximum absolute atomic E-state index is 5.62. The predicted molar refractivity (Wildman–Crippen MR) is 79.9 cm³/mol. The molecule has 102 valence electrons. The quantitative estimate of drug-likeness (QED) is 0.728. The Labute approximate surface area is 112 Å². The van der Waals surface area contributed by atoms with Gasteiger partial charge in [-0.3, -0.25) is 0 Å².